The van der Waals surface area contributed by atoms with E-state index in [1.54, 1.807) is 0 Å². The lowest BCUT2D eigenvalue weighted by Crippen LogP contribution is -2.39. The van der Waals surface area contributed by atoms with Crippen LogP contribution < -0.4 is 5.32 Å². The minimum atomic E-state index is -1.75. The van der Waals surface area contributed by atoms with Crippen molar-refractivity contribution in [1.29, 1.82) is 0 Å². The number of halogens is 3. The van der Waals surface area contributed by atoms with Gasteiger partial charge in [-0.3, -0.25) is 24.1 Å². The number of amides is 3. The third-order valence-electron chi connectivity index (χ3n) is 5.19. The van der Waals surface area contributed by atoms with Gasteiger partial charge in [0.2, 0.25) is 11.8 Å². The normalized spacial score (nSPS) is 22.3. The lowest BCUT2D eigenvalue weighted by Gasteiger charge is -2.19. The van der Waals surface area contributed by atoms with Gasteiger partial charge in [0, 0.05) is 0 Å². The fraction of sp³-hybridized carbons (Fsp3) is 0.474. The molecule has 1 aliphatic heterocycles. The molecule has 0 radical (unpaired) electrons. The van der Waals surface area contributed by atoms with Gasteiger partial charge >= 0.3 is 5.97 Å². The van der Waals surface area contributed by atoms with Crippen molar-refractivity contribution in [3.63, 3.8) is 0 Å². The predicted molar refractivity (Wildman–Crippen MR) is 92.7 cm³/mol. The first-order valence-electron chi connectivity index (χ1n) is 9.19. The summed E-state index contributed by atoms with van der Waals surface area (Å²) in [6, 6.07) is 1.46. The minimum Gasteiger partial charge on any atom is -0.451 e. The number of hydrogen-bond donors (Lipinski definition) is 1. The van der Waals surface area contributed by atoms with E-state index in [1.165, 1.54) is 6.92 Å². The number of esters is 1. The Morgan fingerprint density at radius 3 is 2.28 bits per heavy atom. The monoisotopic (exact) mass is 412 g/mol. The molecule has 1 heterocycles. The van der Waals surface area contributed by atoms with Crippen molar-refractivity contribution in [2.24, 2.45) is 11.8 Å². The second kappa shape index (κ2) is 8.22. The van der Waals surface area contributed by atoms with Crippen molar-refractivity contribution in [3.05, 3.63) is 29.6 Å². The molecule has 1 aromatic rings. The highest BCUT2D eigenvalue weighted by molar-refractivity contribution is 6.07. The summed E-state index contributed by atoms with van der Waals surface area (Å²) in [4.78, 5) is 49.7. The number of rotatable bonds is 5. The van der Waals surface area contributed by atoms with E-state index in [0.29, 0.717) is 18.9 Å². The Hall–Kier alpha value is -2.91. The fourth-order valence-electron chi connectivity index (χ4n) is 3.66. The molecule has 10 heteroatoms. The molecule has 29 heavy (non-hydrogen) atoms. The van der Waals surface area contributed by atoms with Crippen LogP contribution in [-0.4, -0.2) is 41.2 Å². The number of fused-ring (bicyclic) bond motifs is 1. The lowest BCUT2D eigenvalue weighted by atomic mass is 9.81. The maximum Gasteiger partial charge on any atom is 0.326 e. The van der Waals surface area contributed by atoms with Crippen LogP contribution in [0.2, 0.25) is 0 Å². The Bertz CT molecular complexity index is 852. The molecule has 7 nitrogen and oxygen atoms in total. The lowest BCUT2D eigenvalue weighted by molar-refractivity contribution is -0.158. The van der Waals surface area contributed by atoms with Gasteiger partial charge in [-0.2, -0.15) is 0 Å². The average Bonchev–Trinajstić information content (AvgIpc) is 2.93. The van der Waals surface area contributed by atoms with Crippen LogP contribution in [0.4, 0.5) is 18.9 Å². The number of anilines is 1. The third kappa shape index (κ3) is 4.10. The molecule has 0 bridgehead atoms. The van der Waals surface area contributed by atoms with E-state index in [9.17, 15) is 32.3 Å². The van der Waals surface area contributed by atoms with E-state index in [1.807, 2.05) is 5.32 Å². The van der Waals surface area contributed by atoms with Gasteiger partial charge in [-0.05, 0) is 31.9 Å². The maximum absolute atomic E-state index is 13.6. The first-order valence-corrected chi connectivity index (χ1v) is 9.19. The van der Waals surface area contributed by atoms with Crippen molar-refractivity contribution in [3.8, 4) is 0 Å². The molecule has 156 valence electrons. The molecule has 1 N–H and O–H groups in total. The second-order valence-electron chi connectivity index (χ2n) is 7.10. The number of carbonyl (C=O) groups excluding carboxylic acids is 4. The molecule has 3 unspecified atom stereocenters. The summed E-state index contributed by atoms with van der Waals surface area (Å²) in [5, 5.41) is 1.99. The van der Waals surface area contributed by atoms with Crippen LogP contribution in [0.3, 0.4) is 0 Å². The van der Waals surface area contributed by atoms with Crippen LogP contribution in [0, 0.1) is 29.3 Å². The summed E-state index contributed by atoms with van der Waals surface area (Å²) in [5.41, 5.74) is -0.620. The summed E-state index contributed by atoms with van der Waals surface area (Å²) < 4.78 is 44.7. The van der Waals surface area contributed by atoms with Gasteiger partial charge in [0.05, 0.1) is 17.5 Å². The molecule has 1 aliphatic carbocycles. The zero-order valence-corrected chi connectivity index (χ0v) is 15.5. The van der Waals surface area contributed by atoms with E-state index in [2.05, 4.69) is 0 Å². The van der Waals surface area contributed by atoms with Gasteiger partial charge in [0.1, 0.15) is 6.54 Å². The van der Waals surface area contributed by atoms with Gasteiger partial charge in [0.15, 0.2) is 23.6 Å². The van der Waals surface area contributed by atoms with Crippen LogP contribution in [0.25, 0.3) is 0 Å². The molecule has 1 saturated heterocycles. The molecule has 3 atom stereocenters. The maximum atomic E-state index is 13.6. The molecule has 3 amide bonds. The number of benzene rings is 1. The van der Waals surface area contributed by atoms with Crippen LogP contribution in [0.1, 0.15) is 32.6 Å². The number of ether oxygens (including phenoxy) is 1. The fourth-order valence-corrected chi connectivity index (χ4v) is 3.66. The van der Waals surface area contributed by atoms with E-state index < -0.39 is 71.3 Å². The Labute approximate surface area is 164 Å². The highest BCUT2D eigenvalue weighted by Gasteiger charge is 2.48. The molecule has 2 aliphatic rings. The number of likely N-dealkylation sites (tertiary alicyclic amines) is 1. The first-order chi connectivity index (χ1) is 13.7. The first kappa shape index (κ1) is 20.8. The van der Waals surface area contributed by atoms with Crippen LogP contribution in [0.5, 0.6) is 0 Å². The highest BCUT2D eigenvalue weighted by Crippen LogP contribution is 2.37. The molecular weight excluding hydrogens is 393 g/mol. The van der Waals surface area contributed by atoms with Crippen molar-refractivity contribution >= 4 is 29.4 Å². The Balaban J connectivity index is 1.58. The van der Waals surface area contributed by atoms with Gasteiger partial charge in [-0.15, -0.1) is 0 Å². The Kier molecular flexibility index (Phi) is 5.90. The summed E-state index contributed by atoms with van der Waals surface area (Å²) in [6.45, 7) is 0.556. The Morgan fingerprint density at radius 2 is 1.69 bits per heavy atom. The van der Waals surface area contributed by atoms with Crippen LogP contribution in [-0.2, 0) is 23.9 Å². The van der Waals surface area contributed by atoms with Crippen molar-refractivity contribution in [2.45, 2.75) is 38.7 Å². The number of nitrogens with one attached hydrogen (secondary N) is 1. The number of hydrogen-bond acceptors (Lipinski definition) is 5. The molecule has 1 saturated carbocycles. The van der Waals surface area contributed by atoms with E-state index >= 15 is 0 Å². The molecule has 0 spiro atoms. The second-order valence-corrected chi connectivity index (χ2v) is 7.10. The summed E-state index contributed by atoms with van der Waals surface area (Å²) in [5.74, 6) is -8.40. The van der Waals surface area contributed by atoms with Crippen LogP contribution >= 0.6 is 0 Å². The average molecular weight is 412 g/mol. The van der Waals surface area contributed by atoms with Crippen LogP contribution in [0.15, 0.2) is 12.1 Å². The number of carbonyl (C=O) groups is 4. The third-order valence-corrected chi connectivity index (χ3v) is 5.19. The Morgan fingerprint density at radius 1 is 1.10 bits per heavy atom. The summed E-state index contributed by atoms with van der Waals surface area (Å²) in [6.07, 6.45) is 1.45. The predicted octanol–water partition coefficient (Wildman–Crippen LogP) is 2.15. The molecular formula is C19H19F3N2O5. The van der Waals surface area contributed by atoms with E-state index in [-0.39, 0.29) is 0 Å². The number of nitrogens with zero attached hydrogens (tertiary/aromatic N) is 1. The van der Waals surface area contributed by atoms with Crippen molar-refractivity contribution < 1.29 is 37.1 Å². The largest absolute Gasteiger partial charge is 0.451 e. The van der Waals surface area contributed by atoms with E-state index in [0.717, 1.165) is 23.8 Å². The van der Waals surface area contributed by atoms with Gasteiger partial charge < -0.3 is 10.1 Å². The smallest absolute Gasteiger partial charge is 0.326 e. The summed E-state index contributed by atoms with van der Waals surface area (Å²) in [7, 11) is 0. The molecule has 2 fully saturated rings. The minimum absolute atomic E-state index is 0.416. The molecule has 0 aromatic heterocycles. The zero-order chi connectivity index (χ0) is 21.3. The number of imide groups is 1. The summed E-state index contributed by atoms with van der Waals surface area (Å²) >= 11 is 0. The van der Waals surface area contributed by atoms with Gasteiger partial charge in [0.25, 0.3) is 5.91 Å². The SMILES string of the molecule is CC(OC(=O)CN1C(=O)C2CCCCC2C1=O)C(=O)Nc1ccc(F)c(F)c1F. The molecule has 3 rings (SSSR count). The van der Waals surface area contributed by atoms with E-state index in [4.69, 9.17) is 4.74 Å². The zero-order valence-electron chi connectivity index (χ0n) is 15.5. The highest BCUT2D eigenvalue weighted by atomic mass is 19.2. The van der Waals surface area contributed by atoms with Gasteiger partial charge in [-0.25, -0.2) is 13.2 Å². The topological polar surface area (TPSA) is 92.8 Å². The van der Waals surface area contributed by atoms with Crippen molar-refractivity contribution in [1.82, 2.24) is 4.90 Å². The van der Waals surface area contributed by atoms with Gasteiger partial charge in [-0.1, -0.05) is 12.8 Å². The quantitative estimate of drug-likeness (QED) is 0.455. The standard InChI is InChI=1S/C19H19F3N2O5/c1-9(17(26)23-13-7-6-12(20)15(21)16(13)22)29-14(25)8-24-18(27)10-4-2-3-5-11(10)19(24)28/h6-7,9-11H,2-5,8H2,1H3,(H,23,26). The van der Waals surface area contributed by atoms with Crippen molar-refractivity contribution in [2.75, 3.05) is 11.9 Å². The molecule has 1 aromatic carbocycles.